The molecule has 3 rings (SSSR count). The van der Waals surface area contributed by atoms with E-state index in [-0.39, 0.29) is 16.5 Å². The summed E-state index contributed by atoms with van der Waals surface area (Å²) < 4.78 is 29.1. The Morgan fingerprint density at radius 1 is 0.938 bits per heavy atom. The van der Waals surface area contributed by atoms with Crippen LogP contribution in [0.25, 0.3) is 0 Å². The fraction of sp³-hybridized carbons (Fsp3) is 0.182. The smallest absolute Gasteiger partial charge is 0.266 e. The number of hydrogen-bond acceptors (Lipinski definition) is 6. The highest BCUT2D eigenvalue weighted by Gasteiger charge is 2.19. The minimum Gasteiger partial charge on any atom is -0.493 e. The number of amides is 2. The largest absolute Gasteiger partial charge is 0.493 e. The Bertz CT molecular complexity index is 1160. The van der Waals surface area contributed by atoms with Gasteiger partial charge in [0.1, 0.15) is 5.82 Å². The quantitative estimate of drug-likeness (QED) is 0.476. The molecule has 0 fully saturated rings. The predicted molar refractivity (Wildman–Crippen MR) is 122 cm³/mol. The Hall–Kier alpha value is -3.30. The zero-order chi connectivity index (χ0) is 23.4. The number of anilines is 2. The lowest BCUT2D eigenvalue weighted by Crippen LogP contribution is -2.12. The van der Waals surface area contributed by atoms with E-state index in [9.17, 15) is 14.0 Å². The van der Waals surface area contributed by atoms with Crippen molar-refractivity contribution in [1.29, 1.82) is 0 Å². The number of methoxy groups -OCH3 is 3. The van der Waals surface area contributed by atoms with Crippen LogP contribution in [0.4, 0.5) is 15.1 Å². The minimum absolute atomic E-state index is 0.00357. The van der Waals surface area contributed by atoms with Crippen molar-refractivity contribution in [3.8, 4) is 17.2 Å². The van der Waals surface area contributed by atoms with Gasteiger partial charge in [-0.05, 0) is 36.8 Å². The number of thiophene rings is 1. The lowest BCUT2D eigenvalue weighted by Gasteiger charge is -2.14. The molecule has 1 aromatic heterocycles. The Morgan fingerprint density at radius 2 is 1.59 bits per heavy atom. The molecule has 0 aliphatic carbocycles. The van der Waals surface area contributed by atoms with Crippen molar-refractivity contribution in [2.75, 3.05) is 32.0 Å². The summed E-state index contributed by atoms with van der Waals surface area (Å²) in [6, 6.07) is 8.40. The van der Waals surface area contributed by atoms with Crippen LogP contribution >= 0.6 is 22.9 Å². The summed E-state index contributed by atoms with van der Waals surface area (Å²) in [6.45, 7) is 1.75. The van der Waals surface area contributed by atoms with Crippen molar-refractivity contribution in [2.24, 2.45) is 0 Å². The normalized spacial score (nSPS) is 10.4. The molecule has 2 aromatic carbocycles. The van der Waals surface area contributed by atoms with E-state index >= 15 is 0 Å². The van der Waals surface area contributed by atoms with Crippen LogP contribution in [0.2, 0.25) is 5.02 Å². The van der Waals surface area contributed by atoms with Crippen molar-refractivity contribution < 1.29 is 28.2 Å². The van der Waals surface area contributed by atoms with Gasteiger partial charge in [-0.3, -0.25) is 9.59 Å². The van der Waals surface area contributed by atoms with E-state index in [1.54, 1.807) is 25.1 Å². The fourth-order valence-electron chi connectivity index (χ4n) is 2.96. The van der Waals surface area contributed by atoms with Gasteiger partial charge in [0.05, 0.1) is 41.8 Å². The van der Waals surface area contributed by atoms with E-state index in [1.165, 1.54) is 27.4 Å². The van der Waals surface area contributed by atoms with Crippen LogP contribution in [-0.4, -0.2) is 33.1 Å². The number of benzene rings is 2. The third-order valence-electron chi connectivity index (χ3n) is 4.46. The Morgan fingerprint density at radius 3 is 2.16 bits per heavy atom. The van der Waals surface area contributed by atoms with Gasteiger partial charge in [-0.15, -0.1) is 11.3 Å². The topological polar surface area (TPSA) is 85.9 Å². The van der Waals surface area contributed by atoms with Crippen molar-refractivity contribution in [3.05, 3.63) is 63.2 Å². The van der Waals surface area contributed by atoms with Gasteiger partial charge in [-0.2, -0.15) is 0 Å². The van der Waals surface area contributed by atoms with E-state index in [4.69, 9.17) is 25.8 Å². The average Bonchev–Trinajstić information content (AvgIpc) is 3.12. The molecule has 0 radical (unpaired) electrons. The van der Waals surface area contributed by atoms with E-state index < -0.39 is 11.7 Å². The molecule has 1 heterocycles. The molecule has 10 heteroatoms. The van der Waals surface area contributed by atoms with Crippen LogP contribution in [0.15, 0.2) is 36.4 Å². The third kappa shape index (κ3) is 4.95. The maximum atomic E-state index is 13.2. The van der Waals surface area contributed by atoms with Crippen LogP contribution in [0.5, 0.6) is 17.2 Å². The van der Waals surface area contributed by atoms with Crippen molar-refractivity contribution >= 4 is 45.4 Å². The van der Waals surface area contributed by atoms with Crippen LogP contribution in [0.1, 0.15) is 25.6 Å². The molecular weight excluding hydrogens is 459 g/mol. The first-order chi connectivity index (χ1) is 15.3. The summed E-state index contributed by atoms with van der Waals surface area (Å²) in [6.07, 6.45) is 0. The standard InChI is InChI=1S/C22H20ClFN2O5S/c1-11-7-18(26-21(27)14-6-5-12(24)8-15(14)23)32-20(11)22(28)25-13-9-16(29-2)19(31-4)17(10-13)30-3/h5-10H,1-4H3,(H,25,28)(H,26,27). The summed E-state index contributed by atoms with van der Waals surface area (Å²) in [7, 11) is 4.45. The van der Waals surface area contributed by atoms with Crippen molar-refractivity contribution in [1.82, 2.24) is 0 Å². The molecule has 7 nitrogen and oxygen atoms in total. The number of nitrogens with one attached hydrogen (secondary N) is 2. The second-order valence-corrected chi connectivity index (χ2v) is 8.03. The van der Waals surface area contributed by atoms with Gasteiger partial charge in [-0.1, -0.05) is 11.6 Å². The summed E-state index contributed by atoms with van der Waals surface area (Å²) in [5.41, 5.74) is 1.24. The summed E-state index contributed by atoms with van der Waals surface area (Å²) in [5.74, 6) is -0.215. The molecule has 2 amide bonds. The Balaban J connectivity index is 1.80. The highest BCUT2D eigenvalue weighted by molar-refractivity contribution is 7.18. The number of carbonyl (C=O) groups excluding carboxylic acids is 2. The predicted octanol–water partition coefficient (Wildman–Crippen LogP) is 5.38. The van der Waals surface area contributed by atoms with Crippen molar-refractivity contribution in [3.63, 3.8) is 0 Å². The fourth-order valence-corrected chi connectivity index (χ4v) is 4.18. The van der Waals surface area contributed by atoms with E-state index in [1.807, 2.05) is 0 Å². The van der Waals surface area contributed by atoms with Crippen molar-refractivity contribution in [2.45, 2.75) is 6.92 Å². The number of rotatable bonds is 7. The van der Waals surface area contributed by atoms with Crippen LogP contribution in [-0.2, 0) is 0 Å². The molecule has 168 valence electrons. The third-order valence-corrected chi connectivity index (χ3v) is 5.92. The Labute approximate surface area is 193 Å². The number of carbonyl (C=O) groups is 2. The monoisotopic (exact) mass is 478 g/mol. The summed E-state index contributed by atoms with van der Waals surface area (Å²) in [4.78, 5) is 25.7. The lowest BCUT2D eigenvalue weighted by atomic mass is 10.2. The highest BCUT2D eigenvalue weighted by Crippen LogP contribution is 2.40. The second kappa shape index (κ2) is 9.88. The molecule has 0 aliphatic rings. The van der Waals surface area contributed by atoms with Crippen LogP contribution in [0.3, 0.4) is 0 Å². The summed E-state index contributed by atoms with van der Waals surface area (Å²) >= 11 is 7.05. The molecular formula is C22H20ClFN2O5S. The lowest BCUT2D eigenvalue weighted by molar-refractivity contribution is 0.102. The van der Waals surface area contributed by atoms with Gasteiger partial charge in [0.25, 0.3) is 11.8 Å². The van der Waals surface area contributed by atoms with Gasteiger partial charge in [-0.25, -0.2) is 4.39 Å². The number of aryl methyl sites for hydroxylation is 1. The molecule has 32 heavy (non-hydrogen) atoms. The SMILES string of the molecule is COc1cc(NC(=O)c2sc(NC(=O)c3ccc(F)cc3Cl)cc2C)cc(OC)c1OC. The summed E-state index contributed by atoms with van der Waals surface area (Å²) in [5, 5.41) is 5.92. The van der Waals surface area contributed by atoms with Crippen LogP contribution < -0.4 is 24.8 Å². The molecule has 0 unspecified atom stereocenters. The minimum atomic E-state index is -0.538. The van der Waals surface area contributed by atoms with E-state index in [0.717, 1.165) is 23.5 Å². The zero-order valence-corrected chi connectivity index (χ0v) is 19.2. The molecule has 0 spiro atoms. The maximum Gasteiger partial charge on any atom is 0.266 e. The zero-order valence-electron chi connectivity index (χ0n) is 17.7. The number of hydrogen-bond donors (Lipinski definition) is 2. The molecule has 0 saturated heterocycles. The first-order valence-corrected chi connectivity index (χ1v) is 10.4. The van der Waals surface area contributed by atoms with Gasteiger partial charge < -0.3 is 24.8 Å². The maximum absolute atomic E-state index is 13.2. The van der Waals surface area contributed by atoms with Crippen LogP contribution in [0, 0.1) is 12.7 Å². The molecule has 0 saturated carbocycles. The van der Waals surface area contributed by atoms with Gasteiger partial charge in [0.2, 0.25) is 5.75 Å². The van der Waals surface area contributed by atoms with Gasteiger partial charge in [0, 0.05) is 17.8 Å². The molecule has 2 N–H and O–H groups in total. The average molecular weight is 479 g/mol. The second-order valence-electron chi connectivity index (χ2n) is 6.57. The van der Waals surface area contributed by atoms with E-state index in [2.05, 4.69) is 10.6 Å². The highest BCUT2D eigenvalue weighted by atomic mass is 35.5. The molecule has 3 aromatic rings. The first-order valence-electron chi connectivity index (χ1n) is 9.25. The van der Waals surface area contributed by atoms with Gasteiger partial charge in [0.15, 0.2) is 11.5 Å². The van der Waals surface area contributed by atoms with Gasteiger partial charge >= 0.3 is 0 Å². The number of halogens is 2. The first kappa shape index (κ1) is 23.4. The number of ether oxygens (including phenoxy) is 3. The molecule has 0 atom stereocenters. The molecule has 0 aliphatic heterocycles. The van der Waals surface area contributed by atoms with E-state index in [0.29, 0.717) is 38.4 Å². The Kier molecular flexibility index (Phi) is 7.22. The molecule has 0 bridgehead atoms.